The molecular weight excluding hydrogens is 398 g/mol. The first kappa shape index (κ1) is 19.4. The lowest BCUT2D eigenvalue weighted by Crippen LogP contribution is -2.26. The van der Waals surface area contributed by atoms with Gasteiger partial charge in [-0.1, -0.05) is 4.49 Å². The Kier molecular flexibility index (Phi) is 6.16. The van der Waals surface area contributed by atoms with Gasteiger partial charge in [0.25, 0.3) is 5.91 Å². The van der Waals surface area contributed by atoms with Crippen molar-refractivity contribution in [3.05, 3.63) is 41.5 Å². The van der Waals surface area contributed by atoms with Crippen molar-refractivity contribution in [3.8, 4) is 0 Å². The van der Waals surface area contributed by atoms with Crippen molar-refractivity contribution < 1.29 is 23.5 Å². The molecule has 27 heavy (non-hydrogen) atoms. The normalized spacial score (nSPS) is 11.0. The van der Waals surface area contributed by atoms with Gasteiger partial charge in [0.2, 0.25) is 0 Å². The molecule has 0 aliphatic heterocycles. The Labute approximate surface area is 160 Å². The average molecular weight is 412 g/mol. The number of carbonyl (C=O) groups excluding carboxylic acids is 1. The van der Waals surface area contributed by atoms with Crippen LogP contribution in [0, 0.1) is 11.6 Å². The van der Waals surface area contributed by atoms with E-state index in [2.05, 4.69) is 20.4 Å². The molecule has 0 atom stereocenters. The number of carbonyl (C=O) groups is 1. The molecule has 0 saturated heterocycles. The van der Waals surface area contributed by atoms with E-state index in [1.165, 1.54) is 30.0 Å². The summed E-state index contributed by atoms with van der Waals surface area (Å²) in [5.74, 6) is -2.19. The second-order valence-corrected chi connectivity index (χ2v) is 6.87. The molecule has 0 radical (unpaired) electrons. The number of amides is 1. The summed E-state index contributed by atoms with van der Waals surface area (Å²) in [5.41, 5.74) is 1.71. The van der Waals surface area contributed by atoms with E-state index in [4.69, 9.17) is 9.94 Å². The number of halogens is 2. The summed E-state index contributed by atoms with van der Waals surface area (Å²) in [6.45, 7) is -0.434. The predicted octanol–water partition coefficient (Wildman–Crippen LogP) is 3.09. The average Bonchev–Trinajstić information content (AvgIpc) is 3.14. The lowest BCUT2D eigenvalue weighted by molar-refractivity contribution is 0.0169. The van der Waals surface area contributed by atoms with Gasteiger partial charge in [-0.3, -0.25) is 9.63 Å². The SMILES string of the molecule is CSc1ccc(Nc2c(C(=O)NOCCO)cc3snnc3c2F)c(F)c1. The molecule has 3 rings (SSSR count). The van der Waals surface area contributed by atoms with Gasteiger partial charge >= 0.3 is 0 Å². The number of benzene rings is 2. The summed E-state index contributed by atoms with van der Waals surface area (Å²) in [5, 5.41) is 15.1. The van der Waals surface area contributed by atoms with E-state index in [0.717, 1.165) is 11.5 Å². The highest BCUT2D eigenvalue weighted by Gasteiger charge is 2.22. The molecule has 0 unspecified atom stereocenters. The van der Waals surface area contributed by atoms with Crippen molar-refractivity contribution in [1.82, 2.24) is 15.1 Å². The van der Waals surface area contributed by atoms with E-state index in [9.17, 15) is 13.6 Å². The number of aliphatic hydroxyl groups excluding tert-OH is 1. The smallest absolute Gasteiger partial charge is 0.277 e. The van der Waals surface area contributed by atoms with E-state index in [-0.39, 0.29) is 35.7 Å². The maximum Gasteiger partial charge on any atom is 0.277 e. The number of hydrogen-bond acceptors (Lipinski definition) is 8. The molecule has 0 saturated carbocycles. The largest absolute Gasteiger partial charge is 0.394 e. The molecule has 0 bridgehead atoms. The lowest BCUT2D eigenvalue weighted by atomic mass is 10.1. The zero-order valence-corrected chi connectivity index (χ0v) is 15.6. The van der Waals surface area contributed by atoms with Crippen LogP contribution in [0.15, 0.2) is 29.2 Å². The number of aromatic nitrogens is 2. The number of thioether (sulfide) groups is 1. The van der Waals surface area contributed by atoms with Gasteiger partial charge in [0.05, 0.1) is 34.9 Å². The summed E-state index contributed by atoms with van der Waals surface area (Å²) in [7, 11) is 0. The zero-order valence-electron chi connectivity index (χ0n) is 14.0. The number of hydrogen-bond donors (Lipinski definition) is 3. The van der Waals surface area contributed by atoms with Gasteiger partial charge in [-0.25, -0.2) is 14.3 Å². The molecule has 0 aliphatic carbocycles. The summed E-state index contributed by atoms with van der Waals surface area (Å²) in [4.78, 5) is 17.9. The summed E-state index contributed by atoms with van der Waals surface area (Å²) < 4.78 is 33.3. The number of aliphatic hydroxyl groups is 1. The van der Waals surface area contributed by atoms with E-state index in [1.807, 2.05) is 0 Å². The number of nitrogens with one attached hydrogen (secondary N) is 2. The van der Waals surface area contributed by atoms with Gasteiger partial charge in [0, 0.05) is 4.90 Å². The van der Waals surface area contributed by atoms with Crippen molar-refractivity contribution in [2.75, 3.05) is 24.8 Å². The summed E-state index contributed by atoms with van der Waals surface area (Å²) in [6.07, 6.45) is 1.81. The molecule has 3 N–H and O–H groups in total. The molecule has 0 fully saturated rings. The molecule has 1 heterocycles. The van der Waals surface area contributed by atoms with Crippen LogP contribution in [0.1, 0.15) is 10.4 Å². The topological polar surface area (TPSA) is 96.4 Å². The van der Waals surface area contributed by atoms with Crippen LogP contribution in [0.4, 0.5) is 20.2 Å². The third-order valence-corrected chi connectivity index (χ3v) is 4.92. The second kappa shape index (κ2) is 8.57. The molecule has 2 aromatic carbocycles. The highest BCUT2D eigenvalue weighted by Crippen LogP contribution is 2.33. The minimum Gasteiger partial charge on any atom is -0.394 e. The highest BCUT2D eigenvalue weighted by molar-refractivity contribution is 7.98. The highest BCUT2D eigenvalue weighted by atomic mass is 32.2. The molecule has 0 aliphatic rings. The van der Waals surface area contributed by atoms with Gasteiger partial charge < -0.3 is 10.4 Å². The van der Waals surface area contributed by atoms with Gasteiger partial charge in [-0.05, 0) is 42.1 Å². The lowest BCUT2D eigenvalue weighted by Gasteiger charge is -2.14. The number of anilines is 2. The monoisotopic (exact) mass is 412 g/mol. The Morgan fingerprint density at radius 3 is 2.89 bits per heavy atom. The molecule has 7 nitrogen and oxygen atoms in total. The first-order chi connectivity index (χ1) is 13.0. The van der Waals surface area contributed by atoms with E-state index < -0.39 is 17.5 Å². The maximum atomic E-state index is 14.9. The zero-order chi connectivity index (χ0) is 19.4. The first-order valence-electron chi connectivity index (χ1n) is 7.63. The number of fused-ring (bicyclic) bond motifs is 1. The number of rotatable bonds is 7. The minimum atomic E-state index is -0.832. The standard InChI is InChI=1S/C16H14F2N4O3S2/c1-26-8-2-3-11(10(17)6-8)19-14-9(16(24)21-25-5-4-23)7-12-15(13(14)18)20-22-27-12/h2-3,6-7,19,23H,4-5H2,1H3,(H,21,24). The molecule has 1 aromatic heterocycles. The van der Waals surface area contributed by atoms with Crippen molar-refractivity contribution in [2.24, 2.45) is 0 Å². The molecule has 3 aromatic rings. The van der Waals surface area contributed by atoms with Crippen molar-refractivity contribution >= 4 is 50.8 Å². The fraction of sp³-hybridized carbons (Fsp3) is 0.188. The summed E-state index contributed by atoms with van der Waals surface area (Å²) >= 11 is 2.28. The van der Waals surface area contributed by atoms with Crippen LogP contribution in [-0.2, 0) is 4.84 Å². The Bertz CT molecular complexity index is 984. The molecule has 0 spiro atoms. The van der Waals surface area contributed by atoms with Crippen LogP contribution in [0.25, 0.3) is 10.2 Å². The molecular formula is C16H14F2N4O3S2. The Balaban J connectivity index is 2.02. The fourth-order valence-corrected chi connectivity index (χ4v) is 3.29. The minimum absolute atomic E-state index is 0.000402. The Hall–Kier alpha value is -2.34. The van der Waals surface area contributed by atoms with Crippen molar-refractivity contribution in [1.29, 1.82) is 0 Å². The van der Waals surface area contributed by atoms with E-state index in [1.54, 1.807) is 12.3 Å². The van der Waals surface area contributed by atoms with E-state index >= 15 is 0 Å². The van der Waals surface area contributed by atoms with Crippen molar-refractivity contribution in [2.45, 2.75) is 4.90 Å². The van der Waals surface area contributed by atoms with Gasteiger partial charge in [-0.2, -0.15) is 0 Å². The predicted molar refractivity (Wildman–Crippen MR) is 99.3 cm³/mol. The van der Waals surface area contributed by atoms with Gasteiger partial charge in [0.1, 0.15) is 11.3 Å². The van der Waals surface area contributed by atoms with Crippen LogP contribution in [0.5, 0.6) is 0 Å². The summed E-state index contributed by atoms with van der Waals surface area (Å²) in [6, 6.07) is 5.81. The second-order valence-electron chi connectivity index (χ2n) is 5.21. The van der Waals surface area contributed by atoms with Gasteiger partial charge in [0.15, 0.2) is 5.82 Å². The molecule has 1 amide bonds. The number of nitrogens with zero attached hydrogens (tertiary/aromatic N) is 2. The first-order valence-corrected chi connectivity index (χ1v) is 9.63. The van der Waals surface area contributed by atoms with Crippen molar-refractivity contribution in [3.63, 3.8) is 0 Å². The van der Waals surface area contributed by atoms with Crippen LogP contribution in [0.3, 0.4) is 0 Å². The van der Waals surface area contributed by atoms with Gasteiger partial charge in [-0.15, -0.1) is 16.9 Å². The Morgan fingerprint density at radius 1 is 1.37 bits per heavy atom. The third-order valence-electron chi connectivity index (χ3n) is 3.52. The number of hydroxylamine groups is 1. The van der Waals surface area contributed by atoms with Crippen LogP contribution in [0.2, 0.25) is 0 Å². The van der Waals surface area contributed by atoms with Crippen LogP contribution in [-0.4, -0.2) is 40.1 Å². The molecule has 11 heteroatoms. The third kappa shape index (κ3) is 4.16. The van der Waals surface area contributed by atoms with Crippen LogP contribution >= 0.6 is 23.3 Å². The maximum absolute atomic E-state index is 14.9. The van der Waals surface area contributed by atoms with E-state index in [0.29, 0.717) is 9.60 Å². The quantitative estimate of drug-likeness (QED) is 0.312. The fourth-order valence-electron chi connectivity index (χ4n) is 2.26. The Morgan fingerprint density at radius 2 is 2.19 bits per heavy atom. The molecule has 142 valence electrons. The van der Waals surface area contributed by atoms with Crippen LogP contribution < -0.4 is 10.8 Å².